The summed E-state index contributed by atoms with van der Waals surface area (Å²) >= 11 is 3.50. The quantitative estimate of drug-likeness (QED) is 0.787. The average molecular weight is 338 g/mol. The number of halogens is 1. The largest absolute Gasteiger partial charge is 0.480 e. The Hall–Kier alpha value is -1.69. The molecule has 106 valence electrons. The summed E-state index contributed by atoms with van der Waals surface area (Å²) in [6.07, 6.45) is 1.86. The highest BCUT2D eigenvalue weighted by Gasteiger charge is 2.19. The first-order chi connectivity index (χ1) is 9.58. The Balaban J connectivity index is 2.33. The van der Waals surface area contributed by atoms with Gasteiger partial charge in [-0.2, -0.15) is 5.10 Å². The van der Waals surface area contributed by atoms with Crippen molar-refractivity contribution >= 4 is 21.7 Å². The molecule has 20 heavy (non-hydrogen) atoms. The zero-order valence-corrected chi connectivity index (χ0v) is 13.3. The van der Waals surface area contributed by atoms with E-state index in [0.29, 0.717) is 11.4 Å². The maximum absolute atomic E-state index is 12.4. The number of hydrogen-bond acceptors (Lipinski definition) is 4. The van der Waals surface area contributed by atoms with Crippen LogP contribution in [0.1, 0.15) is 28.7 Å². The third kappa shape index (κ3) is 2.75. The second-order valence-corrected chi connectivity index (χ2v) is 5.12. The third-order valence-corrected chi connectivity index (χ3v) is 4.08. The molecule has 6 heteroatoms. The molecule has 0 aromatic carbocycles. The molecule has 0 radical (unpaired) electrons. The van der Waals surface area contributed by atoms with Crippen LogP contribution >= 0.6 is 15.9 Å². The van der Waals surface area contributed by atoms with Crippen molar-refractivity contribution in [1.82, 2.24) is 14.8 Å². The summed E-state index contributed by atoms with van der Waals surface area (Å²) in [4.78, 5) is 16.5. The van der Waals surface area contributed by atoms with Gasteiger partial charge in [-0.1, -0.05) is 0 Å². The van der Waals surface area contributed by atoms with Crippen molar-refractivity contribution in [3.63, 3.8) is 0 Å². The van der Waals surface area contributed by atoms with E-state index in [-0.39, 0.29) is 12.2 Å². The number of pyridine rings is 1. The SMILES string of the molecule is CCn1nc(C)c(Br)c1CC(=O)c1cccnc1OC. The molecule has 2 aromatic heterocycles. The molecule has 0 spiro atoms. The topological polar surface area (TPSA) is 57.0 Å². The Morgan fingerprint density at radius 1 is 1.50 bits per heavy atom. The maximum Gasteiger partial charge on any atom is 0.224 e. The minimum atomic E-state index is -0.0368. The minimum absolute atomic E-state index is 0.0368. The van der Waals surface area contributed by atoms with E-state index in [9.17, 15) is 4.79 Å². The normalized spacial score (nSPS) is 10.6. The van der Waals surface area contributed by atoms with Crippen LogP contribution in [-0.4, -0.2) is 27.7 Å². The number of hydrogen-bond donors (Lipinski definition) is 0. The molecule has 2 heterocycles. The number of nitrogens with zero attached hydrogens (tertiary/aromatic N) is 3. The van der Waals surface area contributed by atoms with Gasteiger partial charge in [0.25, 0.3) is 0 Å². The van der Waals surface area contributed by atoms with Crippen molar-refractivity contribution < 1.29 is 9.53 Å². The van der Waals surface area contributed by atoms with Crippen LogP contribution < -0.4 is 4.74 Å². The molecule has 2 aromatic rings. The van der Waals surface area contributed by atoms with Gasteiger partial charge >= 0.3 is 0 Å². The molecule has 0 N–H and O–H groups in total. The summed E-state index contributed by atoms with van der Waals surface area (Å²) in [6.45, 7) is 4.63. The standard InChI is InChI=1S/C14H16BrN3O2/c1-4-18-11(13(15)9(2)17-18)8-12(19)10-6-5-7-16-14(10)20-3/h5-7H,4,8H2,1-3H3. The van der Waals surface area contributed by atoms with Crippen LogP contribution in [0.2, 0.25) is 0 Å². The van der Waals surface area contributed by atoms with E-state index in [4.69, 9.17) is 4.74 Å². The number of Topliss-reactive ketones (excluding diaryl/α,β-unsaturated/α-hetero) is 1. The van der Waals surface area contributed by atoms with E-state index in [1.54, 1.807) is 18.3 Å². The number of aromatic nitrogens is 3. The number of rotatable bonds is 5. The number of carbonyl (C=O) groups is 1. The van der Waals surface area contributed by atoms with Crippen LogP contribution in [0.25, 0.3) is 0 Å². The van der Waals surface area contributed by atoms with Gasteiger partial charge in [0.2, 0.25) is 5.88 Å². The zero-order valence-electron chi connectivity index (χ0n) is 11.7. The van der Waals surface area contributed by atoms with Gasteiger partial charge in [0, 0.05) is 12.7 Å². The van der Waals surface area contributed by atoms with Crippen molar-refractivity contribution in [3.05, 3.63) is 39.8 Å². The van der Waals surface area contributed by atoms with E-state index >= 15 is 0 Å². The zero-order chi connectivity index (χ0) is 14.7. The molecule has 0 aliphatic heterocycles. The van der Waals surface area contributed by atoms with Crippen LogP contribution in [0.5, 0.6) is 5.88 Å². The molecule has 0 bridgehead atoms. The van der Waals surface area contributed by atoms with E-state index in [0.717, 1.165) is 22.4 Å². The van der Waals surface area contributed by atoms with Gasteiger partial charge in [0.1, 0.15) is 0 Å². The summed E-state index contributed by atoms with van der Waals surface area (Å²) < 4.78 is 7.85. The van der Waals surface area contributed by atoms with Gasteiger partial charge in [-0.25, -0.2) is 4.98 Å². The van der Waals surface area contributed by atoms with E-state index in [1.165, 1.54) is 7.11 Å². The minimum Gasteiger partial charge on any atom is -0.480 e. The molecule has 2 rings (SSSR count). The Labute approximate surface area is 126 Å². The first-order valence-corrected chi connectivity index (χ1v) is 7.11. The van der Waals surface area contributed by atoms with Gasteiger partial charge in [0.15, 0.2) is 5.78 Å². The lowest BCUT2D eigenvalue weighted by molar-refractivity contribution is 0.0986. The molecule has 0 aliphatic carbocycles. The van der Waals surface area contributed by atoms with Crippen molar-refractivity contribution in [2.45, 2.75) is 26.8 Å². The number of carbonyl (C=O) groups excluding carboxylic acids is 1. The third-order valence-electron chi connectivity index (χ3n) is 3.05. The fourth-order valence-corrected chi connectivity index (χ4v) is 2.48. The molecule has 0 amide bonds. The summed E-state index contributed by atoms with van der Waals surface area (Å²) in [5, 5.41) is 4.39. The van der Waals surface area contributed by atoms with Crippen molar-refractivity contribution in [3.8, 4) is 5.88 Å². The number of methoxy groups -OCH3 is 1. The van der Waals surface area contributed by atoms with Crippen LogP contribution in [-0.2, 0) is 13.0 Å². The van der Waals surface area contributed by atoms with E-state index < -0.39 is 0 Å². The Kier molecular flexibility index (Phi) is 4.54. The first kappa shape index (κ1) is 14.7. The van der Waals surface area contributed by atoms with Crippen LogP contribution in [0, 0.1) is 6.92 Å². The lowest BCUT2D eigenvalue weighted by Crippen LogP contribution is -2.11. The highest BCUT2D eigenvalue weighted by Crippen LogP contribution is 2.24. The molecular formula is C14H16BrN3O2. The smallest absolute Gasteiger partial charge is 0.224 e. The van der Waals surface area contributed by atoms with Crippen molar-refractivity contribution in [2.75, 3.05) is 7.11 Å². The maximum atomic E-state index is 12.4. The van der Waals surface area contributed by atoms with Crippen LogP contribution in [0.3, 0.4) is 0 Å². The van der Waals surface area contributed by atoms with E-state index in [2.05, 4.69) is 26.0 Å². The van der Waals surface area contributed by atoms with Crippen LogP contribution in [0.15, 0.2) is 22.8 Å². The van der Waals surface area contributed by atoms with Crippen LogP contribution in [0.4, 0.5) is 0 Å². The summed E-state index contributed by atoms with van der Waals surface area (Å²) in [5.74, 6) is 0.318. The molecule has 0 fully saturated rings. The number of ketones is 1. The molecule has 0 aliphatic rings. The van der Waals surface area contributed by atoms with Gasteiger partial charge < -0.3 is 4.74 Å². The lowest BCUT2D eigenvalue weighted by atomic mass is 10.1. The molecule has 5 nitrogen and oxygen atoms in total. The molecule has 0 unspecified atom stereocenters. The van der Waals surface area contributed by atoms with Crippen molar-refractivity contribution in [1.29, 1.82) is 0 Å². The number of aryl methyl sites for hydroxylation is 2. The van der Waals surface area contributed by atoms with Gasteiger partial charge in [-0.3, -0.25) is 9.48 Å². The summed E-state index contributed by atoms with van der Waals surface area (Å²) in [6, 6.07) is 3.45. The first-order valence-electron chi connectivity index (χ1n) is 6.32. The highest BCUT2D eigenvalue weighted by molar-refractivity contribution is 9.10. The van der Waals surface area contributed by atoms with E-state index in [1.807, 2.05) is 18.5 Å². The molecule has 0 atom stereocenters. The Morgan fingerprint density at radius 2 is 2.25 bits per heavy atom. The fraction of sp³-hybridized carbons (Fsp3) is 0.357. The lowest BCUT2D eigenvalue weighted by Gasteiger charge is -2.07. The Morgan fingerprint density at radius 3 is 2.90 bits per heavy atom. The second kappa shape index (κ2) is 6.17. The molecule has 0 saturated heterocycles. The van der Waals surface area contributed by atoms with Gasteiger partial charge in [-0.15, -0.1) is 0 Å². The highest BCUT2D eigenvalue weighted by atomic mass is 79.9. The number of ether oxygens (including phenoxy) is 1. The molecular weight excluding hydrogens is 322 g/mol. The monoisotopic (exact) mass is 337 g/mol. The van der Waals surface area contributed by atoms with Gasteiger partial charge in [-0.05, 0) is 41.9 Å². The summed E-state index contributed by atoms with van der Waals surface area (Å²) in [7, 11) is 1.51. The summed E-state index contributed by atoms with van der Waals surface area (Å²) in [5.41, 5.74) is 2.25. The predicted octanol–water partition coefficient (Wildman–Crippen LogP) is 2.80. The van der Waals surface area contributed by atoms with Crippen molar-refractivity contribution in [2.24, 2.45) is 0 Å². The van der Waals surface area contributed by atoms with Gasteiger partial charge in [0.05, 0.1) is 35.0 Å². The predicted molar refractivity (Wildman–Crippen MR) is 79.2 cm³/mol. The Bertz CT molecular complexity index is 637. The average Bonchev–Trinajstić information content (AvgIpc) is 2.74. The molecule has 0 saturated carbocycles. The fourth-order valence-electron chi connectivity index (χ4n) is 2.05. The second-order valence-electron chi connectivity index (χ2n) is 4.32.